The van der Waals surface area contributed by atoms with Crippen LogP contribution in [0.25, 0.3) is 0 Å². The summed E-state index contributed by atoms with van der Waals surface area (Å²) in [5.41, 5.74) is 0. The zero-order valence-electron chi connectivity index (χ0n) is 12.2. The first-order valence-corrected chi connectivity index (χ1v) is 6.31. The zero-order chi connectivity index (χ0) is 16.4. The van der Waals surface area contributed by atoms with Crippen LogP contribution in [-0.2, 0) is 28.6 Å². The van der Waals surface area contributed by atoms with Crippen LogP contribution in [0, 0.1) is 5.92 Å². The summed E-state index contributed by atoms with van der Waals surface area (Å²) in [6.07, 6.45) is 1.19. The van der Waals surface area contributed by atoms with Gasteiger partial charge in [-0.1, -0.05) is 33.6 Å². The molecular weight excluding hydrogens is 276 g/mol. The van der Waals surface area contributed by atoms with Gasteiger partial charge in [-0.3, -0.25) is 0 Å². The normalized spacial score (nSPS) is 12.7. The first-order chi connectivity index (χ1) is 9.85. The van der Waals surface area contributed by atoms with Gasteiger partial charge in [0.05, 0.1) is 0 Å². The second-order valence-electron chi connectivity index (χ2n) is 4.36. The molecule has 0 spiro atoms. The van der Waals surface area contributed by atoms with Gasteiger partial charge in [0.2, 0.25) is 0 Å². The number of rotatable bonds is 9. The maximum atomic E-state index is 11.4. The molecule has 6 nitrogen and oxygen atoms in total. The van der Waals surface area contributed by atoms with Crippen molar-refractivity contribution in [3.8, 4) is 0 Å². The van der Waals surface area contributed by atoms with Crippen LogP contribution in [0.15, 0.2) is 38.0 Å². The first kappa shape index (κ1) is 18.6. The lowest BCUT2D eigenvalue weighted by Gasteiger charge is -2.28. The van der Waals surface area contributed by atoms with Gasteiger partial charge in [0.25, 0.3) is 0 Å². The molecule has 0 aliphatic carbocycles. The Balaban J connectivity index is 5.06. The third kappa shape index (κ3) is 7.10. The molecule has 0 N–H and O–H groups in total. The van der Waals surface area contributed by atoms with Crippen molar-refractivity contribution in [1.29, 1.82) is 0 Å². The molecule has 2 unspecified atom stereocenters. The Labute approximate surface area is 124 Å². The highest BCUT2D eigenvalue weighted by atomic mass is 16.6. The van der Waals surface area contributed by atoms with Crippen molar-refractivity contribution in [3.63, 3.8) is 0 Å². The van der Waals surface area contributed by atoms with E-state index in [1.54, 1.807) is 13.8 Å². The lowest BCUT2D eigenvalue weighted by Crippen LogP contribution is -2.41. The summed E-state index contributed by atoms with van der Waals surface area (Å²) in [5, 5.41) is 0. The summed E-state index contributed by atoms with van der Waals surface area (Å²) in [6.45, 7) is 13.1. The molecule has 6 heteroatoms. The Morgan fingerprint density at radius 2 is 1.38 bits per heavy atom. The van der Waals surface area contributed by atoms with E-state index in [4.69, 9.17) is 14.2 Å². The third-order valence-corrected chi connectivity index (χ3v) is 2.43. The van der Waals surface area contributed by atoms with Crippen molar-refractivity contribution in [2.75, 3.05) is 6.61 Å². The quantitative estimate of drug-likeness (QED) is 0.365. The van der Waals surface area contributed by atoms with Gasteiger partial charge in [-0.25, -0.2) is 14.4 Å². The van der Waals surface area contributed by atoms with Crippen molar-refractivity contribution in [2.45, 2.75) is 26.1 Å². The van der Waals surface area contributed by atoms with Crippen LogP contribution in [0.2, 0.25) is 0 Å². The molecule has 0 saturated heterocycles. The molecule has 0 saturated carbocycles. The molecule has 116 valence electrons. The summed E-state index contributed by atoms with van der Waals surface area (Å²) in [4.78, 5) is 33.8. The minimum absolute atomic E-state index is 0.182. The van der Waals surface area contributed by atoms with Crippen LogP contribution in [0.4, 0.5) is 0 Å². The standard InChI is InChI=1S/C15H20O6/c1-6-12(16)19-9-11(20-13(17)7-2)15(10(4)5)21-14(18)8-3/h6-8,10-11,15H,1-3,9H2,4-5H3. The van der Waals surface area contributed by atoms with Crippen molar-refractivity contribution in [3.05, 3.63) is 38.0 Å². The van der Waals surface area contributed by atoms with Gasteiger partial charge in [-0.2, -0.15) is 0 Å². The average molecular weight is 296 g/mol. The molecule has 21 heavy (non-hydrogen) atoms. The van der Waals surface area contributed by atoms with Crippen molar-refractivity contribution in [1.82, 2.24) is 0 Å². The van der Waals surface area contributed by atoms with Crippen molar-refractivity contribution < 1.29 is 28.6 Å². The van der Waals surface area contributed by atoms with Crippen LogP contribution in [-0.4, -0.2) is 36.7 Å². The lowest BCUT2D eigenvalue weighted by atomic mass is 10.0. The van der Waals surface area contributed by atoms with Crippen molar-refractivity contribution in [2.24, 2.45) is 5.92 Å². The predicted octanol–water partition coefficient (Wildman–Crippen LogP) is 1.57. The largest absolute Gasteiger partial charge is 0.458 e. The van der Waals surface area contributed by atoms with E-state index in [1.807, 2.05) is 0 Å². The molecule has 0 heterocycles. The summed E-state index contributed by atoms with van der Waals surface area (Å²) in [7, 11) is 0. The van der Waals surface area contributed by atoms with E-state index in [9.17, 15) is 14.4 Å². The third-order valence-electron chi connectivity index (χ3n) is 2.43. The second-order valence-corrected chi connectivity index (χ2v) is 4.36. The molecule has 0 amide bonds. The number of hydrogen-bond donors (Lipinski definition) is 0. The number of hydrogen-bond acceptors (Lipinski definition) is 6. The highest BCUT2D eigenvalue weighted by Gasteiger charge is 2.31. The number of carbonyl (C=O) groups is 3. The van der Waals surface area contributed by atoms with Gasteiger partial charge in [0.1, 0.15) is 12.7 Å². The Hall–Kier alpha value is -2.37. The van der Waals surface area contributed by atoms with E-state index >= 15 is 0 Å². The highest BCUT2D eigenvalue weighted by molar-refractivity contribution is 5.82. The van der Waals surface area contributed by atoms with Crippen LogP contribution in [0.3, 0.4) is 0 Å². The SMILES string of the molecule is C=CC(=O)OCC(OC(=O)C=C)C(OC(=O)C=C)C(C)C. The molecule has 0 aromatic rings. The highest BCUT2D eigenvalue weighted by Crippen LogP contribution is 2.16. The van der Waals surface area contributed by atoms with Gasteiger partial charge < -0.3 is 14.2 Å². The minimum atomic E-state index is -0.955. The van der Waals surface area contributed by atoms with E-state index in [0.29, 0.717) is 0 Å². The fraction of sp³-hybridized carbons (Fsp3) is 0.400. The average Bonchev–Trinajstić information content (AvgIpc) is 2.47. The monoisotopic (exact) mass is 296 g/mol. The Morgan fingerprint density at radius 1 is 0.905 bits per heavy atom. The van der Waals surface area contributed by atoms with E-state index in [1.165, 1.54) is 0 Å². The van der Waals surface area contributed by atoms with Crippen molar-refractivity contribution >= 4 is 17.9 Å². The van der Waals surface area contributed by atoms with Crippen LogP contribution >= 0.6 is 0 Å². The maximum absolute atomic E-state index is 11.4. The Kier molecular flexibility index (Phi) is 8.45. The second kappa shape index (κ2) is 9.52. The number of ether oxygens (including phenoxy) is 3. The molecule has 0 radical (unpaired) electrons. The Bertz CT molecular complexity index is 424. The summed E-state index contributed by atoms with van der Waals surface area (Å²) in [6, 6.07) is 0. The molecule has 0 aliphatic heterocycles. The van der Waals surface area contributed by atoms with E-state index in [0.717, 1.165) is 18.2 Å². The topological polar surface area (TPSA) is 78.9 Å². The molecule has 2 atom stereocenters. The number of esters is 3. The fourth-order valence-electron chi connectivity index (χ4n) is 1.44. The van der Waals surface area contributed by atoms with Gasteiger partial charge in [-0.15, -0.1) is 0 Å². The van der Waals surface area contributed by atoms with Gasteiger partial charge in [0, 0.05) is 18.2 Å². The van der Waals surface area contributed by atoms with E-state index in [-0.39, 0.29) is 12.5 Å². The fourth-order valence-corrected chi connectivity index (χ4v) is 1.44. The van der Waals surface area contributed by atoms with Crippen LogP contribution < -0.4 is 0 Å². The molecule has 0 fully saturated rings. The van der Waals surface area contributed by atoms with Crippen LogP contribution in [0.1, 0.15) is 13.8 Å². The van der Waals surface area contributed by atoms with Gasteiger partial charge in [0.15, 0.2) is 6.10 Å². The summed E-state index contributed by atoms with van der Waals surface area (Å²) < 4.78 is 15.1. The molecule has 0 aliphatic rings. The van der Waals surface area contributed by atoms with Gasteiger partial charge in [-0.05, 0) is 5.92 Å². The van der Waals surface area contributed by atoms with Gasteiger partial charge >= 0.3 is 17.9 Å². The zero-order valence-corrected chi connectivity index (χ0v) is 12.2. The van der Waals surface area contributed by atoms with E-state index < -0.39 is 30.1 Å². The first-order valence-electron chi connectivity index (χ1n) is 6.31. The van der Waals surface area contributed by atoms with Crippen LogP contribution in [0.5, 0.6) is 0 Å². The predicted molar refractivity (Wildman–Crippen MR) is 76.1 cm³/mol. The lowest BCUT2D eigenvalue weighted by molar-refractivity contribution is -0.172. The summed E-state index contributed by atoms with van der Waals surface area (Å²) in [5.74, 6) is -2.23. The molecule has 0 bridgehead atoms. The molecular formula is C15H20O6. The number of carbonyl (C=O) groups excluding carboxylic acids is 3. The Morgan fingerprint density at radius 3 is 1.81 bits per heavy atom. The summed E-state index contributed by atoms with van der Waals surface area (Å²) >= 11 is 0. The molecule has 0 aromatic heterocycles. The molecule has 0 rings (SSSR count). The smallest absolute Gasteiger partial charge is 0.330 e. The van der Waals surface area contributed by atoms with E-state index in [2.05, 4.69) is 19.7 Å². The minimum Gasteiger partial charge on any atom is -0.458 e. The maximum Gasteiger partial charge on any atom is 0.330 e. The molecule has 0 aromatic carbocycles.